The molecule has 2 rings (SSSR count). The molecule has 0 aliphatic carbocycles. The van der Waals surface area contributed by atoms with Crippen LogP contribution in [0.5, 0.6) is 0 Å². The number of quaternary nitrogens is 1. The van der Waals surface area contributed by atoms with E-state index in [4.69, 9.17) is 0 Å². The van der Waals surface area contributed by atoms with Crippen molar-refractivity contribution < 1.29 is 3.50 Å². The third-order valence-corrected chi connectivity index (χ3v) is 13.8. The van der Waals surface area contributed by atoms with Crippen molar-refractivity contribution in [3.63, 3.8) is 0 Å². The molecule has 1 aliphatic heterocycles. The second kappa shape index (κ2) is 2.98. The maximum atomic E-state index is 2.66. The number of halogens is 1. The van der Waals surface area contributed by atoms with Crippen LogP contribution in [0.25, 0.3) is 0 Å². The van der Waals surface area contributed by atoms with Crippen molar-refractivity contribution in [3.05, 3.63) is 29.8 Å². The molecule has 0 amide bonds. The Morgan fingerprint density at radius 2 is 2.00 bits per heavy atom. The summed E-state index contributed by atoms with van der Waals surface area (Å²) in [6, 6.07) is 8.90. The topological polar surface area (TPSA) is 0 Å². The van der Waals surface area contributed by atoms with Crippen molar-refractivity contribution in [1.82, 2.24) is 0 Å². The molecule has 1 heterocycles. The molecule has 1 aromatic rings. The normalized spacial score (nSPS) is 20.9. The fourth-order valence-corrected chi connectivity index (χ4v) is 7.27. The van der Waals surface area contributed by atoms with Crippen LogP contribution in [0.2, 0.25) is 0 Å². The first-order valence-electron chi connectivity index (χ1n) is 3.93. The molecule has 0 unspecified atom stereocenters. The predicted molar refractivity (Wildman–Crippen MR) is 61.7 cm³/mol. The Hall–Kier alpha value is 0.429. The molecule has 0 spiro atoms. The number of hydrogen-bond acceptors (Lipinski definition) is 0. The average molecular weight is 340 g/mol. The molecule has 1 aromatic carbocycles. The van der Waals surface area contributed by atoms with Crippen LogP contribution in [0.4, 0.5) is 0 Å². The molecule has 3 heteroatoms. The molecule has 0 atom stereocenters. The Kier molecular flexibility index (Phi) is 2.23. The van der Waals surface area contributed by atoms with Crippen LogP contribution in [0.15, 0.2) is 24.3 Å². The Bertz CT molecular complexity index is 311. The zero-order valence-electron chi connectivity index (χ0n) is 7.25. The van der Waals surface area contributed by atoms with Gasteiger partial charge in [0.1, 0.15) is 0 Å². The summed E-state index contributed by atoms with van der Waals surface area (Å²) in [5, 5.41) is 0. The molecule has 0 aromatic heterocycles. The van der Waals surface area contributed by atoms with Gasteiger partial charge in [-0.05, 0) is 0 Å². The summed E-state index contributed by atoms with van der Waals surface area (Å²) >= 11 is 2.66. The number of hydrogen-bond donors (Lipinski definition) is 0. The van der Waals surface area contributed by atoms with Crippen molar-refractivity contribution in [3.8, 4) is 0 Å². The second-order valence-corrected chi connectivity index (χ2v) is 11.9. The molecule has 0 saturated heterocycles. The predicted octanol–water partition coefficient (Wildman–Crippen LogP) is 1.41. The van der Waals surface area contributed by atoms with Crippen molar-refractivity contribution >= 4 is 35.7 Å². The molecule has 1 aliphatic rings. The van der Waals surface area contributed by atoms with Gasteiger partial charge in [-0.3, -0.25) is 0 Å². The molecular formula is C9H12INSe+. The van der Waals surface area contributed by atoms with Gasteiger partial charge in [0.05, 0.1) is 0 Å². The number of benzene rings is 1. The molecular weight excluding hydrogens is 328 g/mol. The molecule has 65 valence electrons. The monoisotopic (exact) mass is 341 g/mol. The quantitative estimate of drug-likeness (QED) is 0.495. The van der Waals surface area contributed by atoms with Gasteiger partial charge in [0.2, 0.25) is 0 Å². The third kappa shape index (κ3) is 1.33. The number of rotatable bonds is 0. The van der Waals surface area contributed by atoms with E-state index in [0.717, 1.165) is 0 Å². The Labute approximate surface area is 89.2 Å². The van der Waals surface area contributed by atoms with Gasteiger partial charge in [-0.15, -0.1) is 0 Å². The van der Waals surface area contributed by atoms with Crippen LogP contribution in [0.1, 0.15) is 5.56 Å². The summed E-state index contributed by atoms with van der Waals surface area (Å²) in [4.78, 5) is 0. The number of fused-ring (bicyclic) bond motifs is 1. The van der Waals surface area contributed by atoms with Crippen LogP contribution in [0.3, 0.4) is 0 Å². The first kappa shape index (κ1) is 9.00. The van der Waals surface area contributed by atoms with Gasteiger partial charge in [-0.2, -0.15) is 0 Å². The van der Waals surface area contributed by atoms with Gasteiger partial charge < -0.3 is 0 Å². The Balaban J connectivity index is 2.49. The van der Waals surface area contributed by atoms with Gasteiger partial charge in [-0.25, -0.2) is 0 Å². The zero-order chi connectivity index (χ0) is 8.77. The molecule has 1 nitrogen and oxygen atoms in total. The van der Waals surface area contributed by atoms with Gasteiger partial charge in [0, 0.05) is 0 Å². The Morgan fingerprint density at radius 3 is 2.67 bits per heavy atom. The summed E-state index contributed by atoms with van der Waals surface area (Å²) in [5.41, 5.74) is 1.57. The van der Waals surface area contributed by atoms with Crippen molar-refractivity contribution in [2.75, 3.05) is 14.1 Å². The van der Waals surface area contributed by atoms with Gasteiger partial charge in [0.25, 0.3) is 0 Å². The summed E-state index contributed by atoms with van der Waals surface area (Å²) < 4.78 is 2.85. The van der Waals surface area contributed by atoms with Crippen LogP contribution < -0.4 is 4.46 Å². The molecule has 0 saturated carbocycles. The molecule has 1 radical (unpaired) electrons. The van der Waals surface area contributed by atoms with E-state index in [0.29, 0.717) is 0 Å². The van der Waals surface area contributed by atoms with Crippen molar-refractivity contribution in [2.24, 2.45) is 0 Å². The summed E-state index contributed by atoms with van der Waals surface area (Å²) in [7, 11) is 4.08. The third-order valence-electron chi connectivity index (χ3n) is 2.14. The molecule has 0 bridgehead atoms. The number of nitrogens with zero attached hydrogens (tertiary/aromatic N) is 1. The fraction of sp³-hybridized carbons (Fsp3) is 0.333. The summed E-state index contributed by atoms with van der Waals surface area (Å²) in [6.07, 6.45) is 0. The van der Waals surface area contributed by atoms with E-state index in [9.17, 15) is 0 Å². The summed E-state index contributed by atoms with van der Waals surface area (Å²) in [6.45, 7) is 1.23. The standard InChI is InChI=1S/C9H12INSe/c1-11(2)7-8-5-3-4-6-9(8)12(11)10/h3-6H,7H2,1-2H3/q+1. The zero-order valence-corrected chi connectivity index (χ0v) is 11.1. The first-order chi connectivity index (χ1) is 5.61. The van der Waals surface area contributed by atoms with Gasteiger partial charge in [-0.1, -0.05) is 0 Å². The maximum absolute atomic E-state index is 2.66. The van der Waals surface area contributed by atoms with E-state index < -0.39 is 10.9 Å². The second-order valence-electron chi connectivity index (χ2n) is 3.58. The fourth-order valence-electron chi connectivity index (χ4n) is 1.53. The van der Waals surface area contributed by atoms with E-state index in [1.54, 1.807) is 10.0 Å². The SMILES string of the molecule is C[N+]1(C)Cc2ccccc2[Se]1I. The first-order valence-corrected chi connectivity index (χ1v) is 10.8. The van der Waals surface area contributed by atoms with Crippen molar-refractivity contribution in [1.29, 1.82) is 0 Å². The van der Waals surface area contributed by atoms with Gasteiger partial charge >= 0.3 is 89.6 Å². The van der Waals surface area contributed by atoms with Crippen LogP contribution in [-0.2, 0) is 6.54 Å². The van der Waals surface area contributed by atoms with Crippen LogP contribution in [0, 0.1) is 0 Å². The van der Waals surface area contributed by atoms with Crippen LogP contribution >= 0.6 is 20.3 Å². The average Bonchev–Trinajstić information content (AvgIpc) is 2.24. The minimum atomic E-state index is -0.611. The molecule has 0 fully saturated rings. The van der Waals surface area contributed by atoms with Crippen LogP contribution in [-0.4, -0.2) is 28.5 Å². The molecule has 0 N–H and O–H groups in total. The molecule has 12 heavy (non-hydrogen) atoms. The Morgan fingerprint density at radius 1 is 1.33 bits per heavy atom. The van der Waals surface area contributed by atoms with E-state index in [2.05, 4.69) is 58.7 Å². The van der Waals surface area contributed by atoms with Crippen molar-refractivity contribution in [2.45, 2.75) is 6.54 Å². The summed E-state index contributed by atoms with van der Waals surface area (Å²) in [5.74, 6) is 0. The van der Waals surface area contributed by atoms with E-state index in [1.165, 1.54) is 10.0 Å². The minimum absolute atomic E-state index is 0.611. The van der Waals surface area contributed by atoms with E-state index >= 15 is 0 Å². The van der Waals surface area contributed by atoms with E-state index in [-0.39, 0.29) is 0 Å². The van der Waals surface area contributed by atoms with Gasteiger partial charge in [0.15, 0.2) is 0 Å². The van der Waals surface area contributed by atoms with E-state index in [1.807, 2.05) is 0 Å².